The zero-order valence-corrected chi connectivity index (χ0v) is 12.4. The van der Waals surface area contributed by atoms with Crippen LogP contribution in [0.5, 0.6) is 0 Å². The van der Waals surface area contributed by atoms with Crippen LogP contribution in [0, 0.1) is 0 Å². The Bertz CT molecular complexity index is 751. The fraction of sp³-hybridized carbons (Fsp3) is 0.0625. The van der Waals surface area contributed by atoms with Crippen molar-refractivity contribution in [1.29, 1.82) is 0 Å². The Kier molecular flexibility index (Phi) is 3.42. The van der Waals surface area contributed by atoms with Crippen LogP contribution in [0.2, 0.25) is 5.02 Å². The second-order valence-electron chi connectivity index (χ2n) is 4.80. The van der Waals surface area contributed by atoms with Crippen molar-refractivity contribution in [3.05, 3.63) is 70.2 Å². The maximum absolute atomic E-state index is 12.4. The van der Waals surface area contributed by atoms with Crippen molar-refractivity contribution in [2.24, 2.45) is 0 Å². The van der Waals surface area contributed by atoms with Crippen molar-refractivity contribution in [2.45, 2.75) is 0 Å². The number of hydrazine groups is 1. The number of hydrogen-bond donors (Lipinski definition) is 0. The number of imide groups is 1. The summed E-state index contributed by atoms with van der Waals surface area (Å²) in [6.07, 6.45) is 0. The van der Waals surface area contributed by atoms with Gasteiger partial charge in [-0.25, -0.2) is 5.01 Å². The van der Waals surface area contributed by atoms with Gasteiger partial charge in [-0.15, -0.1) is 0 Å². The van der Waals surface area contributed by atoms with Gasteiger partial charge in [-0.1, -0.05) is 23.7 Å². The van der Waals surface area contributed by atoms with Gasteiger partial charge < -0.3 is 0 Å². The van der Waals surface area contributed by atoms with E-state index in [1.54, 1.807) is 48.5 Å². The van der Waals surface area contributed by atoms with Crippen LogP contribution >= 0.6 is 11.6 Å². The summed E-state index contributed by atoms with van der Waals surface area (Å²) in [5.41, 5.74) is 0.926. The standard InChI is InChI=1S/C16H11ClN2O3/c1-18(14(20)10-6-8-11(17)9-7-10)19-15(21)12-4-2-3-5-13(12)16(19)22/h2-9H,1H3. The minimum Gasteiger partial charge on any atom is -0.267 e. The van der Waals surface area contributed by atoms with Crippen LogP contribution in [0.25, 0.3) is 0 Å². The number of carbonyl (C=O) groups excluding carboxylic acids is 3. The van der Waals surface area contributed by atoms with E-state index in [4.69, 9.17) is 11.6 Å². The largest absolute Gasteiger partial charge is 0.280 e. The van der Waals surface area contributed by atoms with E-state index in [2.05, 4.69) is 0 Å². The van der Waals surface area contributed by atoms with Gasteiger partial charge in [0.25, 0.3) is 17.7 Å². The summed E-state index contributed by atoms with van der Waals surface area (Å²) in [6, 6.07) is 12.7. The molecule has 5 nitrogen and oxygen atoms in total. The Morgan fingerprint density at radius 1 is 0.955 bits per heavy atom. The summed E-state index contributed by atoms with van der Waals surface area (Å²) >= 11 is 5.79. The van der Waals surface area contributed by atoms with Gasteiger partial charge in [-0.2, -0.15) is 5.01 Å². The maximum atomic E-state index is 12.4. The number of fused-ring (bicyclic) bond motifs is 1. The topological polar surface area (TPSA) is 57.7 Å². The summed E-state index contributed by atoms with van der Waals surface area (Å²) in [4.78, 5) is 37.1. The maximum Gasteiger partial charge on any atom is 0.280 e. The van der Waals surface area contributed by atoms with E-state index in [9.17, 15) is 14.4 Å². The number of halogens is 1. The molecule has 0 saturated heterocycles. The lowest BCUT2D eigenvalue weighted by atomic mass is 10.1. The van der Waals surface area contributed by atoms with Crippen molar-refractivity contribution < 1.29 is 14.4 Å². The predicted octanol–water partition coefficient (Wildman–Crippen LogP) is 2.62. The van der Waals surface area contributed by atoms with E-state index < -0.39 is 17.7 Å². The minimum atomic E-state index is -0.509. The molecule has 0 unspecified atom stereocenters. The third kappa shape index (κ3) is 2.16. The third-order valence-electron chi connectivity index (χ3n) is 3.46. The lowest BCUT2D eigenvalue weighted by molar-refractivity contribution is 0.0128. The lowest BCUT2D eigenvalue weighted by Gasteiger charge is -2.25. The van der Waals surface area contributed by atoms with Gasteiger partial charge in [0.2, 0.25) is 0 Å². The molecular formula is C16H11ClN2O3. The molecule has 0 atom stereocenters. The van der Waals surface area contributed by atoms with Gasteiger partial charge in [0.15, 0.2) is 0 Å². The Morgan fingerprint density at radius 2 is 1.45 bits per heavy atom. The van der Waals surface area contributed by atoms with Gasteiger partial charge in [-0.05, 0) is 36.4 Å². The summed E-state index contributed by atoms with van der Waals surface area (Å²) in [7, 11) is 1.39. The molecule has 1 aliphatic heterocycles. The summed E-state index contributed by atoms with van der Waals surface area (Å²) in [5.74, 6) is -1.48. The third-order valence-corrected chi connectivity index (χ3v) is 3.71. The quantitative estimate of drug-likeness (QED) is 0.801. The van der Waals surface area contributed by atoms with Crippen molar-refractivity contribution in [3.8, 4) is 0 Å². The monoisotopic (exact) mass is 314 g/mol. The molecule has 2 aromatic rings. The van der Waals surface area contributed by atoms with Crippen LogP contribution < -0.4 is 0 Å². The average Bonchev–Trinajstić information content (AvgIpc) is 2.79. The molecule has 0 bridgehead atoms. The van der Waals surface area contributed by atoms with Crippen LogP contribution in [0.1, 0.15) is 31.1 Å². The molecule has 0 aromatic heterocycles. The zero-order valence-electron chi connectivity index (χ0n) is 11.6. The highest BCUT2D eigenvalue weighted by Gasteiger charge is 2.39. The highest BCUT2D eigenvalue weighted by atomic mass is 35.5. The first-order valence-electron chi connectivity index (χ1n) is 6.52. The van der Waals surface area contributed by atoms with E-state index in [0.29, 0.717) is 21.7 Å². The first-order valence-corrected chi connectivity index (χ1v) is 6.90. The molecule has 0 spiro atoms. The molecule has 0 fully saturated rings. The molecule has 2 aromatic carbocycles. The molecule has 110 valence electrons. The normalized spacial score (nSPS) is 13.3. The minimum absolute atomic E-state index is 0.295. The van der Waals surface area contributed by atoms with Crippen molar-refractivity contribution in [1.82, 2.24) is 10.0 Å². The number of benzene rings is 2. The highest BCUT2D eigenvalue weighted by Crippen LogP contribution is 2.24. The van der Waals surface area contributed by atoms with Crippen LogP contribution in [0.4, 0.5) is 0 Å². The molecule has 1 aliphatic rings. The Morgan fingerprint density at radius 3 is 1.95 bits per heavy atom. The van der Waals surface area contributed by atoms with Crippen LogP contribution in [-0.4, -0.2) is 34.8 Å². The van der Waals surface area contributed by atoms with E-state index in [1.807, 2.05) is 0 Å². The van der Waals surface area contributed by atoms with Crippen molar-refractivity contribution >= 4 is 29.3 Å². The number of nitrogens with zero attached hydrogens (tertiary/aromatic N) is 2. The highest BCUT2D eigenvalue weighted by molar-refractivity contribution is 6.30. The zero-order chi connectivity index (χ0) is 15.9. The second-order valence-corrected chi connectivity index (χ2v) is 5.24. The molecule has 0 N–H and O–H groups in total. The van der Waals surface area contributed by atoms with Crippen LogP contribution in [0.3, 0.4) is 0 Å². The van der Waals surface area contributed by atoms with Crippen molar-refractivity contribution in [2.75, 3.05) is 7.05 Å². The van der Waals surface area contributed by atoms with E-state index in [1.165, 1.54) is 7.05 Å². The fourth-order valence-corrected chi connectivity index (χ4v) is 2.45. The van der Waals surface area contributed by atoms with Crippen molar-refractivity contribution in [3.63, 3.8) is 0 Å². The molecule has 0 saturated carbocycles. The molecular weight excluding hydrogens is 304 g/mol. The number of rotatable bonds is 2. The first-order chi connectivity index (χ1) is 10.5. The SMILES string of the molecule is CN(C(=O)c1ccc(Cl)cc1)N1C(=O)c2ccccc2C1=O. The molecule has 3 rings (SSSR count). The molecule has 0 aliphatic carbocycles. The second kappa shape index (κ2) is 5.27. The Hall–Kier alpha value is -2.66. The van der Waals surface area contributed by atoms with Crippen LogP contribution in [-0.2, 0) is 0 Å². The number of amides is 3. The molecule has 0 radical (unpaired) electrons. The number of hydrogen-bond acceptors (Lipinski definition) is 3. The van der Waals surface area contributed by atoms with E-state index in [0.717, 1.165) is 10.0 Å². The average molecular weight is 315 g/mol. The van der Waals surface area contributed by atoms with Gasteiger partial charge in [0.05, 0.1) is 11.1 Å². The van der Waals surface area contributed by atoms with Crippen LogP contribution in [0.15, 0.2) is 48.5 Å². The van der Waals surface area contributed by atoms with E-state index >= 15 is 0 Å². The predicted molar refractivity (Wildman–Crippen MR) is 80.5 cm³/mol. The number of carbonyl (C=O) groups is 3. The van der Waals surface area contributed by atoms with Gasteiger partial charge >= 0.3 is 0 Å². The smallest absolute Gasteiger partial charge is 0.267 e. The van der Waals surface area contributed by atoms with E-state index in [-0.39, 0.29) is 0 Å². The summed E-state index contributed by atoms with van der Waals surface area (Å²) < 4.78 is 0. The molecule has 3 amide bonds. The Labute approximate surface area is 131 Å². The summed E-state index contributed by atoms with van der Waals surface area (Å²) in [6.45, 7) is 0. The first kappa shape index (κ1) is 14.3. The molecule has 22 heavy (non-hydrogen) atoms. The van der Waals surface area contributed by atoms with Gasteiger partial charge in [0, 0.05) is 17.6 Å². The fourth-order valence-electron chi connectivity index (χ4n) is 2.32. The van der Waals surface area contributed by atoms with Gasteiger partial charge in [0.1, 0.15) is 0 Å². The van der Waals surface area contributed by atoms with Gasteiger partial charge in [-0.3, -0.25) is 14.4 Å². The summed E-state index contributed by atoms with van der Waals surface area (Å²) in [5, 5.41) is 2.37. The molecule has 1 heterocycles. The lowest BCUT2D eigenvalue weighted by Crippen LogP contribution is -2.47. The Balaban J connectivity index is 1.92. The molecule has 6 heteroatoms.